The average Bonchev–Trinajstić information content (AvgIpc) is 3.04. The molecule has 21 heavy (non-hydrogen) atoms. The molecule has 1 fully saturated rings. The number of hydrogen-bond acceptors (Lipinski definition) is 2. The predicted octanol–water partition coefficient (Wildman–Crippen LogP) is 3.10. The number of rotatable bonds is 5. The van der Waals surface area contributed by atoms with Crippen molar-refractivity contribution in [1.82, 2.24) is 9.47 Å². The van der Waals surface area contributed by atoms with Crippen molar-refractivity contribution in [2.75, 3.05) is 6.54 Å². The smallest absolute Gasteiger partial charge is 0.304 e. The second-order valence-corrected chi connectivity index (χ2v) is 5.82. The quantitative estimate of drug-likeness (QED) is 0.918. The van der Waals surface area contributed by atoms with Crippen LogP contribution in [0.25, 0.3) is 10.9 Å². The number of carboxylic acids is 1. The Hall–Kier alpha value is -1.81. The first-order valence-corrected chi connectivity index (χ1v) is 7.71. The lowest BCUT2D eigenvalue weighted by Crippen LogP contribution is -2.30. The van der Waals surface area contributed by atoms with Crippen LogP contribution in [0.2, 0.25) is 0 Å². The zero-order chi connectivity index (χ0) is 14.8. The maximum Gasteiger partial charge on any atom is 0.304 e. The molecule has 0 amide bonds. The van der Waals surface area contributed by atoms with Crippen molar-refractivity contribution in [3.8, 4) is 0 Å². The minimum absolute atomic E-state index is 0.186. The summed E-state index contributed by atoms with van der Waals surface area (Å²) in [7, 11) is 0. The van der Waals surface area contributed by atoms with Crippen LogP contribution in [0, 0.1) is 0 Å². The van der Waals surface area contributed by atoms with Crippen molar-refractivity contribution >= 4 is 16.9 Å². The molecule has 1 unspecified atom stereocenters. The van der Waals surface area contributed by atoms with Crippen LogP contribution in [0.1, 0.15) is 31.7 Å². The van der Waals surface area contributed by atoms with E-state index in [0.717, 1.165) is 32.5 Å². The van der Waals surface area contributed by atoms with E-state index in [1.54, 1.807) is 0 Å². The third-order valence-corrected chi connectivity index (χ3v) is 4.49. The molecule has 2 heterocycles. The Morgan fingerprint density at radius 3 is 2.95 bits per heavy atom. The maximum atomic E-state index is 11.0. The number of aryl methyl sites for hydroxylation is 1. The lowest BCUT2D eigenvalue weighted by Gasteiger charge is -2.22. The van der Waals surface area contributed by atoms with E-state index in [4.69, 9.17) is 5.11 Å². The van der Waals surface area contributed by atoms with E-state index in [-0.39, 0.29) is 12.5 Å². The molecule has 0 radical (unpaired) electrons. The minimum atomic E-state index is -0.692. The van der Waals surface area contributed by atoms with E-state index in [2.05, 4.69) is 46.9 Å². The molecular weight excluding hydrogens is 264 g/mol. The Bertz CT molecular complexity index is 647. The van der Waals surface area contributed by atoms with Gasteiger partial charge in [-0.25, -0.2) is 0 Å². The Morgan fingerprint density at radius 2 is 2.19 bits per heavy atom. The van der Waals surface area contributed by atoms with Crippen LogP contribution in [-0.4, -0.2) is 33.1 Å². The molecule has 1 saturated heterocycles. The van der Waals surface area contributed by atoms with Crippen molar-refractivity contribution in [1.29, 1.82) is 0 Å². The summed E-state index contributed by atoms with van der Waals surface area (Å²) in [5.41, 5.74) is 2.58. The number of likely N-dealkylation sites (tertiary alicyclic amines) is 1. The van der Waals surface area contributed by atoms with E-state index >= 15 is 0 Å². The molecule has 1 aromatic heterocycles. The molecule has 1 atom stereocenters. The number of para-hydroxylation sites is 1. The van der Waals surface area contributed by atoms with Gasteiger partial charge in [0.05, 0.1) is 6.42 Å². The molecule has 2 aromatic rings. The lowest BCUT2D eigenvalue weighted by molar-refractivity contribution is -0.138. The van der Waals surface area contributed by atoms with Gasteiger partial charge in [0.25, 0.3) is 0 Å². The standard InChI is InChI=1S/C17H22N2O2/c1-2-18-11-13(15-7-3-4-8-16(15)18)12-19-9-5-6-14(19)10-17(20)21/h3-4,7-8,11,14H,2,5-6,9-10,12H2,1H3,(H,20,21). The van der Waals surface area contributed by atoms with Crippen LogP contribution < -0.4 is 0 Å². The first-order valence-electron chi connectivity index (χ1n) is 7.71. The summed E-state index contributed by atoms with van der Waals surface area (Å²) in [4.78, 5) is 13.3. The molecule has 112 valence electrons. The highest BCUT2D eigenvalue weighted by molar-refractivity contribution is 5.83. The molecule has 0 bridgehead atoms. The Balaban J connectivity index is 1.86. The third-order valence-electron chi connectivity index (χ3n) is 4.49. The lowest BCUT2D eigenvalue weighted by atomic mass is 10.1. The van der Waals surface area contributed by atoms with Crippen molar-refractivity contribution in [2.24, 2.45) is 0 Å². The number of nitrogens with zero attached hydrogens (tertiary/aromatic N) is 2. The fraction of sp³-hybridized carbons (Fsp3) is 0.471. The molecule has 4 heteroatoms. The maximum absolute atomic E-state index is 11.0. The van der Waals surface area contributed by atoms with E-state index in [1.165, 1.54) is 16.5 Å². The van der Waals surface area contributed by atoms with Gasteiger partial charge in [-0.2, -0.15) is 0 Å². The topological polar surface area (TPSA) is 45.5 Å². The second kappa shape index (κ2) is 5.90. The van der Waals surface area contributed by atoms with Crippen LogP contribution in [0.4, 0.5) is 0 Å². The molecule has 1 aromatic carbocycles. The fourth-order valence-corrected chi connectivity index (χ4v) is 3.47. The molecule has 0 saturated carbocycles. The highest BCUT2D eigenvalue weighted by Gasteiger charge is 2.27. The van der Waals surface area contributed by atoms with Gasteiger partial charge in [-0.05, 0) is 37.9 Å². The number of aliphatic carboxylic acids is 1. The molecule has 0 aliphatic carbocycles. The summed E-state index contributed by atoms with van der Waals surface area (Å²) < 4.78 is 2.27. The SMILES string of the molecule is CCn1cc(CN2CCCC2CC(=O)O)c2ccccc21. The summed E-state index contributed by atoms with van der Waals surface area (Å²) in [5.74, 6) is -0.692. The molecular formula is C17H22N2O2. The van der Waals surface area contributed by atoms with Crippen molar-refractivity contribution in [3.63, 3.8) is 0 Å². The summed E-state index contributed by atoms with van der Waals surface area (Å²) in [6, 6.07) is 8.65. The van der Waals surface area contributed by atoms with Crippen molar-refractivity contribution < 1.29 is 9.90 Å². The summed E-state index contributed by atoms with van der Waals surface area (Å²) in [6.07, 6.45) is 4.58. The zero-order valence-corrected chi connectivity index (χ0v) is 12.5. The molecule has 3 rings (SSSR count). The van der Waals surface area contributed by atoms with Crippen LogP contribution in [-0.2, 0) is 17.9 Å². The van der Waals surface area contributed by atoms with Crippen LogP contribution in [0.3, 0.4) is 0 Å². The van der Waals surface area contributed by atoms with Gasteiger partial charge in [-0.15, -0.1) is 0 Å². The van der Waals surface area contributed by atoms with Gasteiger partial charge in [-0.3, -0.25) is 9.69 Å². The first kappa shape index (κ1) is 14.1. The molecule has 1 N–H and O–H groups in total. The van der Waals surface area contributed by atoms with Gasteiger partial charge >= 0.3 is 5.97 Å². The number of carboxylic acid groups (broad SMARTS) is 1. The second-order valence-electron chi connectivity index (χ2n) is 5.82. The number of hydrogen-bond donors (Lipinski definition) is 1. The number of benzene rings is 1. The average molecular weight is 286 g/mol. The van der Waals surface area contributed by atoms with Gasteiger partial charge in [0.2, 0.25) is 0 Å². The van der Waals surface area contributed by atoms with Gasteiger partial charge in [0.1, 0.15) is 0 Å². The fourth-order valence-electron chi connectivity index (χ4n) is 3.47. The number of carbonyl (C=O) groups is 1. The number of fused-ring (bicyclic) bond motifs is 1. The van der Waals surface area contributed by atoms with E-state index in [1.807, 2.05) is 0 Å². The predicted molar refractivity (Wildman–Crippen MR) is 83.3 cm³/mol. The number of aromatic nitrogens is 1. The largest absolute Gasteiger partial charge is 0.481 e. The minimum Gasteiger partial charge on any atom is -0.481 e. The zero-order valence-electron chi connectivity index (χ0n) is 12.5. The summed E-state index contributed by atoms with van der Waals surface area (Å²) in [5, 5.41) is 10.3. The molecule has 4 nitrogen and oxygen atoms in total. The molecule has 1 aliphatic heterocycles. The van der Waals surface area contributed by atoms with E-state index < -0.39 is 5.97 Å². The Kier molecular flexibility index (Phi) is 3.97. The van der Waals surface area contributed by atoms with Crippen molar-refractivity contribution in [2.45, 2.75) is 45.3 Å². The first-order chi connectivity index (χ1) is 10.2. The highest BCUT2D eigenvalue weighted by atomic mass is 16.4. The molecule has 0 spiro atoms. The van der Waals surface area contributed by atoms with Gasteiger partial charge in [0.15, 0.2) is 0 Å². The van der Waals surface area contributed by atoms with Crippen LogP contribution in [0.5, 0.6) is 0 Å². The summed E-state index contributed by atoms with van der Waals surface area (Å²) in [6.45, 7) is 4.97. The van der Waals surface area contributed by atoms with Crippen molar-refractivity contribution in [3.05, 3.63) is 36.0 Å². The van der Waals surface area contributed by atoms with Crippen LogP contribution >= 0.6 is 0 Å². The Labute approximate surface area is 125 Å². The Morgan fingerprint density at radius 1 is 1.38 bits per heavy atom. The monoisotopic (exact) mass is 286 g/mol. The normalized spacial score (nSPS) is 19.4. The third kappa shape index (κ3) is 2.81. The summed E-state index contributed by atoms with van der Waals surface area (Å²) >= 11 is 0. The van der Waals surface area contributed by atoms with Gasteiger partial charge in [-0.1, -0.05) is 18.2 Å². The van der Waals surface area contributed by atoms with Crippen LogP contribution in [0.15, 0.2) is 30.5 Å². The molecule has 1 aliphatic rings. The highest BCUT2D eigenvalue weighted by Crippen LogP contribution is 2.27. The van der Waals surface area contributed by atoms with Gasteiger partial charge < -0.3 is 9.67 Å². The van der Waals surface area contributed by atoms with Gasteiger partial charge in [0, 0.05) is 36.2 Å². The van der Waals surface area contributed by atoms with E-state index in [0.29, 0.717) is 0 Å². The van der Waals surface area contributed by atoms with E-state index in [9.17, 15) is 4.79 Å².